The highest BCUT2D eigenvalue weighted by molar-refractivity contribution is 4.95. The number of terminal acetylenes is 1. The number of nitrogens with one attached hydrogen (secondary N) is 1. The standard InChI is InChI=1S/C13H22N2/c1-3-5-12(4-2)14-13-10-15-8-6-11(13)7-9-15/h1,11-14H,4-10H2,2H3. The molecule has 1 N–H and O–H groups in total. The van der Waals surface area contributed by atoms with Crippen molar-refractivity contribution in [1.29, 1.82) is 0 Å². The lowest BCUT2D eigenvalue weighted by Gasteiger charge is -2.46. The summed E-state index contributed by atoms with van der Waals surface area (Å²) in [5.41, 5.74) is 0. The number of piperidine rings is 3. The molecule has 0 aliphatic carbocycles. The van der Waals surface area contributed by atoms with Crippen molar-refractivity contribution in [3.05, 3.63) is 0 Å². The minimum atomic E-state index is 0.528. The second kappa shape index (κ2) is 5.01. The van der Waals surface area contributed by atoms with E-state index in [1.54, 1.807) is 0 Å². The van der Waals surface area contributed by atoms with E-state index >= 15 is 0 Å². The van der Waals surface area contributed by atoms with Crippen LogP contribution in [-0.2, 0) is 0 Å². The Labute approximate surface area is 93.4 Å². The van der Waals surface area contributed by atoms with Gasteiger partial charge in [-0.25, -0.2) is 0 Å². The fourth-order valence-corrected chi connectivity index (χ4v) is 2.92. The molecule has 2 bridgehead atoms. The SMILES string of the molecule is C#CCC(CC)NC1CN2CCC1CC2. The van der Waals surface area contributed by atoms with Gasteiger partial charge in [-0.2, -0.15) is 0 Å². The molecule has 0 radical (unpaired) electrons. The van der Waals surface area contributed by atoms with Crippen LogP contribution in [0.15, 0.2) is 0 Å². The van der Waals surface area contributed by atoms with Gasteiger partial charge in [-0.15, -0.1) is 12.3 Å². The predicted molar refractivity (Wildman–Crippen MR) is 63.6 cm³/mol. The van der Waals surface area contributed by atoms with Crippen LogP contribution in [0.5, 0.6) is 0 Å². The summed E-state index contributed by atoms with van der Waals surface area (Å²) in [5.74, 6) is 3.68. The Kier molecular flexibility index (Phi) is 3.66. The van der Waals surface area contributed by atoms with Gasteiger partial charge < -0.3 is 10.2 Å². The molecule has 3 aliphatic heterocycles. The number of fused-ring (bicyclic) bond motifs is 3. The normalized spacial score (nSPS) is 36.1. The minimum Gasteiger partial charge on any atom is -0.309 e. The van der Waals surface area contributed by atoms with E-state index in [0.29, 0.717) is 12.1 Å². The first-order valence-corrected chi connectivity index (χ1v) is 6.25. The summed E-state index contributed by atoms with van der Waals surface area (Å²) in [6, 6.07) is 1.23. The van der Waals surface area contributed by atoms with Crippen LogP contribution in [0.3, 0.4) is 0 Å². The second-order valence-corrected chi connectivity index (χ2v) is 4.92. The molecular weight excluding hydrogens is 184 g/mol. The molecule has 2 unspecified atom stereocenters. The number of hydrogen-bond donors (Lipinski definition) is 1. The van der Waals surface area contributed by atoms with Gasteiger partial charge in [0.1, 0.15) is 0 Å². The van der Waals surface area contributed by atoms with Crippen molar-refractivity contribution < 1.29 is 0 Å². The summed E-state index contributed by atoms with van der Waals surface area (Å²) in [7, 11) is 0. The Morgan fingerprint density at radius 1 is 1.47 bits per heavy atom. The van der Waals surface area contributed by atoms with Gasteiger partial charge >= 0.3 is 0 Å². The van der Waals surface area contributed by atoms with Crippen LogP contribution in [0.25, 0.3) is 0 Å². The molecule has 0 aromatic rings. The van der Waals surface area contributed by atoms with Crippen molar-refractivity contribution in [3.8, 4) is 12.3 Å². The maximum absolute atomic E-state index is 5.39. The topological polar surface area (TPSA) is 15.3 Å². The second-order valence-electron chi connectivity index (χ2n) is 4.92. The Hall–Kier alpha value is -0.520. The zero-order chi connectivity index (χ0) is 10.7. The third-order valence-corrected chi connectivity index (χ3v) is 3.96. The summed E-state index contributed by atoms with van der Waals surface area (Å²) in [4.78, 5) is 2.58. The third kappa shape index (κ3) is 2.53. The largest absolute Gasteiger partial charge is 0.309 e. The fraction of sp³-hybridized carbons (Fsp3) is 0.846. The van der Waals surface area contributed by atoms with Gasteiger partial charge in [-0.1, -0.05) is 6.92 Å². The van der Waals surface area contributed by atoms with E-state index in [2.05, 4.69) is 23.1 Å². The smallest absolute Gasteiger partial charge is 0.0240 e. The molecule has 2 heteroatoms. The molecule has 3 saturated heterocycles. The van der Waals surface area contributed by atoms with Crippen LogP contribution in [0.1, 0.15) is 32.6 Å². The maximum atomic E-state index is 5.39. The van der Waals surface area contributed by atoms with E-state index in [9.17, 15) is 0 Å². The van der Waals surface area contributed by atoms with E-state index < -0.39 is 0 Å². The van der Waals surface area contributed by atoms with Crippen molar-refractivity contribution >= 4 is 0 Å². The first kappa shape index (κ1) is 11.0. The molecule has 3 heterocycles. The van der Waals surface area contributed by atoms with Crippen molar-refractivity contribution in [2.45, 2.75) is 44.7 Å². The molecule has 15 heavy (non-hydrogen) atoms. The molecule has 3 fully saturated rings. The van der Waals surface area contributed by atoms with Crippen LogP contribution in [0, 0.1) is 18.3 Å². The fourth-order valence-electron chi connectivity index (χ4n) is 2.92. The Balaban J connectivity index is 1.86. The lowest BCUT2D eigenvalue weighted by Crippen LogP contribution is -2.57. The lowest BCUT2D eigenvalue weighted by atomic mass is 9.83. The average Bonchev–Trinajstić information content (AvgIpc) is 2.30. The molecule has 0 saturated carbocycles. The summed E-state index contributed by atoms with van der Waals surface area (Å²) in [5, 5.41) is 3.75. The molecule has 0 aromatic carbocycles. The van der Waals surface area contributed by atoms with Crippen LogP contribution in [-0.4, -0.2) is 36.6 Å². The average molecular weight is 206 g/mol. The van der Waals surface area contributed by atoms with Gasteiger partial charge in [-0.3, -0.25) is 0 Å². The van der Waals surface area contributed by atoms with Gasteiger partial charge in [-0.05, 0) is 38.3 Å². The molecule has 2 nitrogen and oxygen atoms in total. The summed E-state index contributed by atoms with van der Waals surface area (Å²) in [6.45, 7) is 6.09. The summed E-state index contributed by atoms with van der Waals surface area (Å²) >= 11 is 0. The van der Waals surface area contributed by atoms with E-state index in [-0.39, 0.29) is 0 Å². The summed E-state index contributed by atoms with van der Waals surface area (Å²) in [6.07, 6.45) is 10.2. The van der Waals surface area contributed by atoms with Gasteiger partial charge in [0.15, 0.2) is 0 Å². The van der Waals surface area contributed by atoms with Crippen molar-refractivity contribution in [1.82, 2.24) is 10.2 Å². The summed E-state index contributed by atoms with van der Waals surface area (Å²) < 4.78 is 0. The quantitative estimate of drug-likeness (QED) is 0.701. The van der Waals surface area contributed by atoms with Gasteiger partial charge in [0, 0.05) is 25.0 Å². The highest BCUT2D eigenvalue weighted by atomic mass is 15.2. The first-order valence-electron chi connectivity index (χ1n) is 6.25. The van der Waals surface area contributed by atoms with E-state index in [0.717, 1.165) is 18.8 Å². The molecule has 0 spiro atoms. The molecule has 0 amide bonds. The third-order valence-electron chi connectivity index (χ3n) is 3.96. The highest BCUT2D eigenvalue weighted by Gasteiger charge is 2.34. The molecular formula is C13H22N2. The van der Waals surface area contributed by atoms with Crippen LogP contribution in [0.2, 0.25) is 0 Å². The predicted octanol–water partition coefficient (Wildman–Crippen LogP) is 1.47. The highest BCUT2D eigenvalue weighted by Crippen LogP contribution is 2.27. The van der Waals surface area contributed by atoms with E-state index in [1.807, 2.05) is 0 Å². The van der Waals surface area contributed by atoms with E-state index in [1.165, 1.54) is 32.5 Å². The van der Waals surface area contributed by atoms with Crippen LogP contribution in [0.4, 0.5) is 0 Å². The van der Waals surface area contributed by atoms with Gasteiger partial charge in [0.2, 0.25) is 0 Å². The van der Waals surface area contributed by atoms with Gasteiger partial charge in [0.05, 0.1) is 0 Å². The van der Waals surface area contributed by atoms with Crippen molar-refractivity contribution in [2.75, 3.05) is 19.6 Å². The van der Waals surface area contributed by atoms with Crippen LogP contribution >= 0.6 is 0 Å². The Morgan fingerprint density at radius 3 is 2.67 bits per heavy atom. The van der Waals surface area contributed by atoms with Crippen molar-refractivity contribution in [2.24, 2.45) is 5.92 Å². The van der Waals surface area contributed by atoms with Crippen LogP contribution < -0.4 is 5.32 Å². The van der Waals surface area contributed by atoms with E-state index in [4.69, 9.17) is 6.42 Å². The first-order chi connectivity index (χ1) is 7.33. The van der Waals surface area contributed by atoms with Gasteiger partial charge in [0.25, 0.3) is 0 Å². The minimum absolute atomic E-state index is 0.528. The number of rotatable bonds is 4. The zero-order valence-corrected chi connectivity index (χ0v) is 9.71. The molecule has 84 valence electrons. The number of hydrogen-bond acceptors (Lipinski definition) is 2. The number of nitrogens with zero attached hydrogens (tertiary/aromatic N) is 1. The Morgan fingerprint density at radius 2 is 2.20 bits per heavy atom. The monoisotopic (exact) mass is 206 g/mol. The lowest BCUT2D eigenvalue weighted by molar-refractivity contribution is 0.0670. The molecule has 2 atom stereocenters. The van der Waals surface area contributed by atoms with Crippen molar-refractivity contribution in [3.63, 3.8) is 0 Å². The zero-order valence-electron chi connectivity index (χ0n) is 9.71. The maximum Gasteiger partial charge on any atom is 0.0240 e. The molecule has 3 rings (SSSR count). The molecule has 0 aromatic heterocycles. The Bertz CT molecular complexity index is 235. The molecule has 3 aliphatic rings.